The first kappa shape index (κ1) is 14.5. The number of aryl methyl sites for hydroxylation is 1. The van der Waals surface area contributed by atoms with Crippen LogP contribution < -0.4 is 5.32 Å². The molecule has 0 aromatic heterocycles. The van der Waals surface area contributed by atoms with Crippen LogP contribution in [0.15, 0.2) is 24.3 Å². The van der Waals surface area contributed by atoms with E-state index < -0.39 is 0 Å². The Morgan fingerprint density at radius 3 is 2.53 bits per heavy atom. The number of hydrogen-bond acceptors (Lipinski definition) is 2. The van der Waals surface area contributed by atoms with Gasteiger partial charge in [-0.1, -0.05) is 38.1 Å². The van der Waals surface area contributed by atoms with E-state index in [9.17, 15) is 0 Å². The molecule has 1 aromatic carbocycles. The van der Waals surface area contributed by atoms with E-state index in [4.69, 9.17) is 0 Å². The molecule has 2 unspecified atom stereocenters. The number of nitrogens with zero attached hydrogens (tertiary/aromatic N) is 1. The average Bonchev–Trinajstić information content (AvgIpc) is 2.97. The van der Waals surface area contributed by atoms with E-state index >= 15 is 0 Å². The van der Waals surface area contributed by atoms with Crippen LogP contribution in [-0.2, 0) is 6.42 Å². The van der Waals surface area contributed by atoms with Crippen LogP contribution in [0.2, 0.25) is 0 Å². The lowest BCUT2D eigenvalue weighted by atomic mass is 10.0. The lowest BCUT2D eigenvalue weighted by Gasteiger charge is -2.30. The van der Waals surface area contributed by atoms with Crippen LogP contribution >= 0.6 is 0 Å². The molecule has 19 heavy (non-hydrogen) atoms. The molecular weight excluding hydrogens is 232 g/mol. The fourth-order valence-electron chi connectivity index (χ4n) is 3.00. The highest BCUT2D eigenvalue weighted by Gasteiger charge is 2.21. The molecule has 2 rings (SSSR count). The topological polar surface area (TPSA) is 15.3 Å². The lowest BCUT2D eigenvalue weighted by molar-refractivity contribution is 0.202. The van der Waals surface area contributed by atoms with Crippen molar-refractivity contribution in [2.45, 2.75) is 52.1 Å². The molecule has 106 valence electrons. The van der Waals surface area contributed by atoms with E-state index in [0.29, 0.717) is 12.1 Å². The zero-order valence-corrected chi connectivity index (χ0v) is 12.7. The summed E-state index contributed by atoms with van der Waals surface area (Å²) < 4.78 is 0. The Hall–Kier alpha value is -0.860. The minimum Gasteiger partial charge on any atom is -0.313 e. The molecule has 2 nitrogen and oxygen atoms in total. The number of benzene rings is 1. The van der Waals surface area contributed by atoms with Crippen molar-refractivity contribution >= 4 is 0 Å². The maximum Gasteiger partial charge on any atom is 0.0320 e. The van der Waals surface area contributed by atoms with Crippen LogP contribution in [0.1, 0.15) is 50.8 Å². The highest BCUT2D eigenvalue weighted by molar-refractivity contribution is 5.24. The second kappa shape index (κ2) is 7.06. The smallest absolute Gasteiger partial charge is 0.0320 e. The third-order valence-corrected chi connectivity index (χ3v) is 4.44. The largest absolute Gasteiger partial charge is 0.313 e. The van der Waals surface area contributed by atoms with Crippen LogP contribution in [0.5, 0.6) is 0 Å². The SMILES string of the molecule is CCc1ccc(C(C)N(CC)CC2CCCN2)cc1. The summed E-state index contributed by atoms with van der Waals surface area (Å²) in [5, 5.41) is 3.60. The van der Waals surface area contributed by atoms with E-state index in [1.54, 1.807) is 0 Å². The van der Waals surface area contributed by atoms with Crippen molar-refractivity contribution in [3.8, 4) is 0 Å². The molecule has 2 atom stereocenters. The number of nitrogens with one attached hydrogen (secondary N) is 1. The Kier molecular flexibility index (Phi) is 5.41. The minimum absolute atomic E-state index is 0.512. The molecule has 0 bridgehead atoms. The summed E-state index contributed by atoms with van der Waals surface area (Å²) in [6, 6.07) is 10.3. The van der Waals surface area contributed by atoms with Gasteiger partial charge in [-0.15, -0.1) is 0 Å². The molecule has 1 aliphatic heterocycles. The standard InChI is InChI=1S/C17H28N2/c1-4-15-8-10-16(11-9-15)14(3)19(5-2)13-17-7-6-12-18-17/h8-11,14,17-18H,4-7,12-13H2,1-3H3. The molecule has 0 radical (unpaired) electrons. The van der Waals surface area contributed by atoms with Crippen molar-refractivity contribution in [1.29, 1.82) is 0 Å². The molecular formula is C17H28N2. The zero-order chi connectivity index (χ0) is 13.7. The van der Waals surface area contributed by atoms with Gasteiger partial charge in [0.25, 0.3) is 0 Å². The van der Waals surface area contributed by atoms with Gasteiger partial charge in [-0.2, -0.15) is 0 Å². The van der Waals surface area contributed by atoms with Gasteiger partial charge >= 0.3 is 0 Å². The summed E-state index contributed by atoms with van der Waals surface area (Å²) in [6.45, 7) is 10.3. The quantitative estimate of drug-likeness (QED) is 0.843. The highest BCUT2D eigenvalue weighted by atomic mass is 15.2. The first-order valence-corrected chi connectivity index (χ1v) is 7.80. The van der Waals surface area contributed by atoms with Gasteiger partial charge in [0.2, 0.25) is 0 Å². The van der Waals surface area contributed by atoms with Gasteiger partial charge < -0.3 is 5.32 Å². The second-order valence-corrected chi connectivity index (χ2v) is 5.65. The van der Waals surface area contributed by atoms with Gasteiger partial charge in [-0.05, 0) is 50.4 Å². The number of hydrogen-bond donors (Lipinski definition) is 1. The highest BCUT2D eigenvalue weighted by Crippen LogP contribution is 2.22. The predicted octanol–water partition coefficient (Wildman–Crippen LogP) is 3.38. The van der Waals surface area contributed by atoms with E-state index in [1.807, 2.05) is 0 Å². The van der Waals surface area contributed by atoms with Gasteiger partial charge in [0, 0.05) is 18.6 Å². The van der Waals surface area contributed by atoms with Crippen molar-refractivity contribution in [3.63, 3.8) is 0 Å². The van der Waals surface area contributed by atoms with Crippen LogP contribution in [0.3, 0.4) is 0 Å². The summed E-state index contributed by atoms with van der Waals surface area (Å²) >= 11 is 0. The Morgan fingerprint density at radius 2 is 2.00 bits per heavy atom. The third kappa shape index (κ3) is 3.80. The van der Waals surface area contributed by atoms with Crippen molar-refractivity contribution in [3.05, 3.63) is 35.4 Å². The molecule has 1 aromatic rings. The molecule has 1 fully saturated rings. The molecule has 1 saturated heterocycles. The normalized spacial score (nSPS) is 20.9. The molecule has 1 heterocycles. The summed E-state index contributed by atoms with van der Waals surface area (Å²) in [5.74, 6) is 0. The van der Waals surface area contributed by atoms with Gasteiger partial charge in [-0.25, -0.2) is 0 Å². The molecule has 0 saturated carbocycles. The molecule has 1 N–H and O–H groups in total. The Morgan fingerprint density at radius 1 is 1.26 bits per heavy atom. The maximum atomic E-state index is 3.60. The zero-order valence-electron chi connectivity index (χ0n) is 12.7. The van der Waals surface area contributed by atoms with E-state index in [0.717, 1.165) is 13.0 Å². The van der Waals surface area contributed by atoms with Crippen molar-refractivity contribution in [2.24, 2.45) is 0 Å². The molecule has 0 amide bonds. The van der Waals surface area contributed by atoms with Crippen molar-refractivity contribution < 1.29 is 0 Å². The molecule has 1 aliphatic rings. The maximum absolute atomic E-state index is 3.60. The van der Waals surface area contributed by atoms with Crippen LogP contribution in [0, 0.1) is 0 Å². The van der Waals surface area contributed by atoms with Gasteiger partial charge in [-0.3, -0.25) is 4.90 Å². The van der Waals surface area contributed by atoms with Gasteiger partial charge in [0.1, 0.15) is 0 Å². The van der Waals surface area contributed by atoms with Gasteiger partial charge in [0.05, 0.1) is 0 Å². The van der Waals surface area contributed by atoms with Crippen LogP contribution in [0.25, 0.3) is 0 Å². The Bertz CT molecular complexity index is 365. The van der Waals surface area contributed by atoms with Gasteiger partial charge in [0.15, 0.2) is 0 Å². The van der Waals surface area contributed by atoms with E-state index in [-0.39, 0.29) is 0 Å². The summed E-state index contributed by atoms with van der Waals surface area (Å²) in [4.78, 5) is 2.59. The first-order chi connectivity index (χ1) is 9.24. The summed E-state index contributed by atoms with van der Waals surface area (Å²) in [6.07, 6.45) is 3.79. The minimum atomic E-state index is 0.512. The predicted molar refractivity (Wildman–Crippen MR) is 82.5 cm³/mol. The number of likely N-dealkylation sites (N-methyl/N-ethyl adjacent to an activating group) is 1. The van der Waals surface area contributed by atoms with E-state index in [2.05, 4.69) is 55.3 Å². The summed E-state index contributed by atoms with van der Waals surface area (Å²) in [7, 11) is 0. The second-order valence-electron chi connectivity index (χ2n) is 5.65. The van der Waals surface area contributed by atoms with Crippen molar-refractivity contribution in [1.82, 2.24) is 10.2 Å². The fraction of sp³-hybridized carbons (Fsp3) is 0.647. The molecule has 0 spiro atoms. The molecule has 0 aliphatic carbocycles. The first-order valence-electron chi connectivity index (χ1n) is 7.80. The van der Waals surface area contributed by atoms with Crippen LogP contribution in [0.4, 0.5) is 0 Å². The Balaban J connectivity index is 1.99. The fourth-order valence-corrected chi connectivity index (χ4v) is 3.00. The van der Waals surface area contributed by atoms with Crippen LogP contribution in [-0.4, -0.2) is 30.6 Å². The van der Waals surface area contributed by atoms with E-state index in [1.165, 1.54) is 37.1 Å². The third-order valence-electron chi connectivity index (χ3n) is 4.44. The summed E-state index contributed by atoms with van der Waals surface area (Å²) in [5.41, 5.74) is 2.87. The molecule has 2 heteroatoms. The lowest BCUT2D eigenvalue weighted by Crippen LogP contribution is -2.38. The average molecular weight is 260 g/mol. The van der Waals surface area contributed by atoms with Crippen molar-refractivity contribution in [2.75, 3.05) is 19.6 Å². The monoisotopic (exact) mass is 260 g/mol. The Labute approximate surface area is 118 Å². The number of rotatable bonds is 6.